The number of imidazole rings is 1. The molecule has 34 heavy (non-hydrogen) atoms. The fourth-order valence-electron chi connectivity index (χ4n) is 2.97. The number of aromatic nitrogens is 2. The van der Waals surface area contributed by atoms with Gasteiger partial charge in [0.05, 0.1) is 25.5 Å². The second-order valence-corrected chi connectivity index (χ2v) is 8.52. The van der Waals surface area contributed by atoms with Crippen LogP contribution in [0.2, 0.25) is 0 Å². The second kappa shape index (κ2) is 10.9. The summed E-state index contributed by atoms with van der Waals surface area (Å²) in [6.07, 6.45) is 2.68. The summed E-state index contributed by atoms with van der Waals surface area (Å²) in [5.41, 5.74) is 1.34. The van der Waals surface area contributed by atoms with Crippen molar-refractivity contribution in [3.63, 3.8) is 0 Å². The molecule has 0 bridgehead atoms. The third-order valence-corrected chi connectivity index (χ3v) is 4.70. The first kappa shape index (κ1) is 24.9. The molecule has 0 unspecified atom stereocenters. The number of amides is 2. The predicted molar refractivity (Wildman–Crippen MR) is 125 cm³/mol. The van der Waals surface area contributed by atoms with Gasteiger partial charge in [-0.05, 0) is 36.4 Å². The number of ether oxygens (including phenoxy) is 2. The highest BCUT2D eigenvalue weighted by Gasteiger charge is 2.25. The molecule has 0 radical (unpaired) electrons. The SMILES string of the molecule is CC(C)(C)C(=O)c1cn2cc(NC(=O)c3ccc(OC(=O)NCCOCCO)cc3)ccc2n1. The zero-order chi connectivity index (χ0) is 24.7. The van der Waals surface area contributed by atoms with Crippen LogP contribution in [0.15, 0.2) is 48.8 Å². The smallest absolute Gasteiger partial charge is 0.410 e. The predicted octanol–water partition coefficient (Wildman–Crippen LogP) is 2.91. The van der Waals surface area contributed by atoms with E-state index in [1.807, 2.05) is 20.8 Å². The summed E-state index contributed by atoms with van der Waals surface area (Å²) in [7, 11) is 0. The zero-order valence-electron chi connectivity index (χ0n) is 19.3. The van der Waals surface area contributed by atoms with Gasteiger partial charge in [0.1, 0.15) is 17.1 Å². The number of carbonyl (C=O) groups is 3. The molecule has 3 N–H and O–H groups in total. The summed E-state index contributed by atoms with van der Waals surface area (Å²) in [5.74, 6) is -0.128. The van der Waals surface area contributed by atoms with E-state index in [0.29, 0.717) is 22.6 Å². The van der Waals surface area contributed by atoms with Gasteiger partial charge in [-0.25, -0.2) is 9.78 Å². The molecule has 10 heteroatoms. The lowest BCUT2D eigenvalue weighted by atomic mass is 9.89. The van der Waals surface area contributed by atoms with Gasteiger partial charge in [-0.1, -0.05) is 20.8 Å². The highest BCUT2D eigenvalue weighted by Crippen LogP contribution is 2.21. The van der Waals surface area contributed by atoms with Crippen LogP contribution in [-0.2, 0) is 4.74 Å². The van der Waals surface area contributed by atoms with Crippen LogP contribution in [0.5, 0.6) is 5.75 Å². The van der Waals surface area contributed by atoms with Gasteiger partial charge in [0, 0.05) is 29.9 Å². The van der Waals surface area contributed by atoms with Gasteiger partial charge in [0.25, 0.3) is 5.91 Å². The summed E-state index contributed by atoms with van der Waals surface area (Å²) < 4.78 is 11.9. The molecule has 0 spiro atoms. The van der Waals surface area contributed by atoms with E-state index >= 15 is 0 Å². The number of benzene rings is 1. The molecule has 0 atom stereocenters. The third kappa shape index (κ3) is 6.63. The summed E-state index contributed by atoms with van der Waals surface area (Å²) >= 11 is 0. The number of pyridine rings is 1. The van der Waals surface area contributed by atoms with Crippen LogP contribution in [0.3, 0.4) is 0 Å². The van der Waals surface area contributed by atoms with Crippen LogP contribution in [0.4, 0.5) is 10.5 Å². The molecule has 0 aliphatic heterocycles. The van der Waals surface area contributed by atoms with Crippen molar-refractivity contribution in [2.75, 3.05) is 31.7 Å². The van der Waals surface area contributed by atoms with Gasteiger partial charge in [0.15, 0.2) is 5.78 Å². The van der Waals surface area contributed by atoms with E-state index in [0.717, 1.165) is 0 Å². The first-order valence-electron chi connectivity index (χ1n) is 10.8. The van der Waals surface area contributed by atoms with Crippen LogP contribution in [0, 0.1) is 5.41 Å². The molecule has 3 rings (SSSR count). The summed E-state index contributed by atoms with van der Waals surface area (Å²) in [6.45, 7) is 6.13. The standard InChI is InChI=1S/C24H28N4O6/c1-24(2,3)21(30)19-15-28-14-17(6-9-20(28)27-19)26-22(31)16-4-7-18(8-5-16)34-23(32)25-10-12-33-13-11-29/h4-9,14-15,29H,10-13H2,1-3H3,(H,25,32)(H,26,31). The molecular formula is C24H28N4O6. The van der Waals surface area contributed by atoms with E-state index in [-0.39, 0.29) is 43.8 Å². The molecule has 2 amide bonds. The Balaban J connectivity index is 1.58. The number of nitrogens with one attached hydrogen (secondary N) is 2. The molecule has 2 aromatic heterocycles. The molecule has 2 heterocycles. The molecule has 10 nitrogen and oxygen atoms in total. The Morgan fingerprint density at radius 1 is 1.03 bits per heavy atom. The highest BCUT2D eigenvalue weighted by atomic mass is 16.6. The Morgan fingerprint density at radius 2 is 1.76 bits per heavy atom. The minimum absolute atomic E-state index is 0.0622. The van der Waals surface area contributed by atoms with Crippen LogP contribution >= 0.6 is 0 Å². The van der Waals surface area contributed by atoms with Crippen molar-refractivity contribution in [2.24, 2.45) is 5.41 Å². The fourth-order valence-corrected chi connectivity index (χ4v) is 2.97. The quantitative estimate of drug-likeness (QED) is 0.325. The highest BCUT2D eigenvalue weighted by molar-refractivity contribution is 6.04. The minimum atomic E-state index is -0.650. The Kier molecular flexibility index (Phi) is 7.98. The normalized spacial score (nSPS) is 11.3. The van der Waals surface area contributed by atoms with Gasteiger partial charge in [-0.2, -0.15) is 0 Å². The lowest BCUT2D eigenvalue weighted by Gasteiger charge is -2.13. The Hall–Kier alpha value is -3.76. The fraction of sp³-hybridized carbons (Fsp3) is 0.333. The lowest BCUT2D eigenvalue weighted by molar-refractivity contribution is 0.0853. The van der Waals surface area contributed by atoms with Crippen LogP contribution in [0.1, 0.15) is 41.6 Å². The second-order valence-electron chi connectivity index (χ2n) is 8.52. The van der Waals surface area contributed by atoms with Crippen LogP contribution < -0.4 is 15.4 Å². The van der Waals surface area contributed by atoms with Gasteiger partial charge in [0.2, 0.25) is 0 Å². The third-order valence-electron chi connectivity index (χ3n) is 4.70. The molecule has 0 aliphatic carbocycles. The van der Waals surface area contributed by atoms with Gasteiger partial charge < -0.3 is 29.6 Å². The van der Waals surface area contributed by atoms with E-state index in [4.69, 9.17) is 14.6 Å². The van der Waals surface area contributed by atoms with E-state index in [9.17, 15) is 14.4 Å². The lowest BCUT2D eigenvalue weighted by Crippen LogP contribution is -2.30. The average Bonchev–Trinajstić information content (AvgIpc) is 3.21. The maximum atomic E-state index is 12.6. The number of Topliss-reactive ketones (excluding diaryl/α,β-unsaturated/α-hetero) is 1. The van der Waals surface area contributed by atoms with Crippen molar-refractivity contribution in [3.8, 4) is 5.75 Å². The number of rotatable bonds is 9. The van der Waals surface area contributed by atoms with Crippen LogP contribution in [0.25, 0.3) is 5.65 Å². The maximum absolute atomic E-state index is 12.6. The summed E-state index contributed by atoms with van der Waals surface area (Å²) in [5, 5.41) is 13.9. The Bertz CT molecular complexity index is 1160. The number of nitrogens with zero attached hydrogens (tertiary/aromatic N) is 2. The number of ketones is 1. The number of fused-ring (bicyclic) bond motifs is 1. The van der Waals surface area contributed by atoms with E-state index < -0.39 is 11.5 Å². The van der Waals surface area contributed by atoms with Crippen molar-refractivity contribution >= 4 is 29.1 Å². The van der Waals surface area contributed by atoms with E-state index in [1.165, 1.54) is 24.3 Å². The molecule has 180 valence electrons. The van der Waals surface area contributed by atoms with E-state index in [2.05, 4.69) is 15.6 Å². The molecular weight excluding hydrogens is 440 g/mol. The minimum Gasteiger partial charge on any atom is -0.410 e. The Labute approximate surface area is 196 Å². The largest absolute Gasteiger partial charge is 0.412 e. The van der Waals surface area contributed by atoms with Crippen molar-refractivity contribution in [3.05, 3.63) is 60.0 Å². The van der Waals surface area contributed by atoms with Crippen molar-refractivity contribution in [1.29, 1.82) is 0 Å². The molecule has 0 fully saturated rings. The summed E-state index contributed by atoms with van der Waals surface area (Å²) in [4.78, 5) is 41.2. The Morgan fingerprint density at radius 3 is 2.44 bits per heavy atom. The average molecular weight is 469 g/mol. The van der Waals surface area contributed by atoms with Crippen LogP contribution in [-0.4, -0.2) is 58.6 Å². The molecule has 0 aliphatic rings. The number of hydrogen-bond donors (Lipinski definition) is 3. The van der Waals surface area contributed by atoms with Crippen molar-refractivity contribution < 1.29 is 29.0 Å². The number of carbonyl (C=O) groups excluding carboxylic acids is 3. The zero-order valence-corrected chi connectivity index (χ0v) is 19.3. The van der Waals surface area contributed by atoms with Gasteiger partial charge in [-0.15, -0.1) is 0 Å². The molecule has 3 aromatic rings. The summed E-state index contributed by atoms with van der Waals surface area (Å²) in [6, 6.07) is 9.54. The maximum Gasteiger partial charge on any atom is 0.412 e. The molecule has 1 aromatic carbocycles. The topological polar surface area (TPSA) is 131 Å². The van der Waals surface area contributed by atoms with Gasteiger partial charge >= 0.3 is 6.09 Å². The first-order valence-corrected chi connectivity index (χ1v) is 10.8. The first-order chi connectivity index (χ1) is 16.2. The van der Waals surface area contributed by atoms with Crippen molar-refractivity contribution in [1.82, 2.24) is 14.7 Å². The number of hydrogen-bond acceptors (Lipinski definition) is 7. The molecule has 0 saturated carbocycles. The number of aliphatic hydroxyl groups is 1. The molecule has 0 saturated heterocycles. The van der Waals surface area contributed by atoms with Gasteiger partial charge in [-0.3, -0.25) is 9.59 Å². The van der Waals surface area contributed by atoms with Crippen molar-refractivity contribution in [2.45, 2.75) is 20.8 Å². The van der Waals surface area contributed by atoms with E-state index in [1.54, 1.807) is 28.9 Å². The number of aliphatic hydroxyl groups excluding tert-OH is 1. The number of anilines is 1. The monoisotopic (exact) mass is 468 g/mol.